The maximum atomic E-state index is 10.3. The van der Waals surface area contributed by atoms with Gasteiger partial charge in [0.2, 0.25) is 0 Å². The number of carboxylic acids is 3. The van der Waals surface area contributed by atoms with Crippen LogP contribution in [-0.2, 0) is 31.7 Å². The SMILES string of the molecule is CCCCC(CC)C(=O)[O-].CCCCC(CC)C(=O)[O-].CCCCC(CC)C(=O)[O-].Cc1ccc(C)[nH]1.[Cr+3]. The number of H-pyrrole nitrogens is 1. The molecule has 0 aliphatic heterocycles. The van der Waals surface area contributed by atoms with Gasteiger partial charge in [0.1, 0.15) is 0 Å². The number of carboxylic acid groups (broad SMARTS) is 3. The molecule has 0 bridgehead atoms. The average molecular weight is 577 g/mol. The van der Waals surface area contributed by atoms with Gasteiger partial charge in [-0.15, -0.1) is 0 Å². The molecule has 221 valence electrons. The van der Waals surface area contributed by atoms with Crippen LogP contribution in [0.15, 0.2) is 12.1 Å². The van der Waals surface area contributed by atoms with Crippen molar-refractivity contribution in [2.45, 2.75) is 132 Å². The molecule has 1 aromatic rings. The molecule has 0 aromatic carbocycles. The van der Waals surface area contributed by atoms with Crippen molar-refractivity contribution in [3.63, 3.8) is 0 Å². The van der Waals surface area contributed by atoms with Crippen molar-refractivity contribution in [2.75, 3.05) is 0 Å². The topological polar surface area (TPSA) is 136 Å². The fourth-order valence-electron chi connectivity index (χ4n) is 3.46. The Morgan fingerprint density at radius 2 is 0.842 bits per heavy atom. The number of hydrogen-bond acceptors (Lipinski definition) is 6. The minimum absolute atomic E-state index is 0. The first kappa shape index (κ1) is 43.3. The van der Waals surface area contributed by atoms with Gasteiger partial charge in [-0.1, -0.05) is 80.1 Å². The third-order valence-electron chi connectivity index (χ3n) is 6.17. The number of aryl methyl sites for hydroxylation is 2. The number of aromatic amines is 1. The van der Waals surface area contributed by atoms with Crippen molar-refractivity contribution < 1.29 is 47.1 Å². The Hall–Kier alpha value is -1.78. The number of carbonyl (C=O) groups excluding carboxylic acids is 3. The van der Waals surface area contributed by atoms with Crippen LogP contribution in [0, 0.1) is 31.6 Å². The Kier molecular flexibility index (Phi) is 33.9. The first-order chi connectivity index (χ1) is 17.4. The monoisotopic (exact) mass is 576 g/mol. The first-order valence-corrected chi connectivity index (χ1v) is 14.2. The number of nitrogens with one attached hydrogen (secondary N) is 1. The van der Waals surface area contributed by atoms with Crippen LogP contribution in [0.25, 0.3) is 0 Å². The molecule has 0 aliphatic carbocycles. The molecule has 0 fully saturated rings. The van der Waals surface area contributed by atoms with E-state index in [0.717, 1.165) is 57.8 Å². The predicted octanol–water partition coefficient (Wildman–Crippen LogP) is 4.49. The fourth-order valence-corrected chi connectivity index (χ4v) is 3.46. The molecule has 8 heteroatoms. The first-order valence-electron chi connectivity index (χ1n) is 14.2. The normalized spacial score (nSPS) is 12.0. The minimum Gasteiger partial charge on any atom is -0.550 e. The summed E-state index contributed by atoms with van der Waals surface area (Å²) in [5.41, 5.74) is 2.47. The van der Waals surface area contributed by atoms with E-state index in [4.69, 9.17) is 0 Å². The number of rotatable bonds is 15. The van der Waals surface area contributed by atoms with E-state index >= 15 is 0 Å². The number of hydrogen-bond donors (Lipinski definition) is 1. The van der Waals surface area contributed by atoms with Gasteiger partial charge in [0, 0.05) is 29.3 Å². The Labute approximate surface area is 243 Å². The van der Waals surface area contributed by atoms with Gasteiger partial charge in [0.15, 0.2) is 0 Å². The second kappa shape index (κ2) is 29.8. The van der Waals surface area contributed by atoms with E-state index in [1.807, 2.05) is 34.6 Å². The summed E-state index contributed by atoms with van der Waals surface area (Å²) in [6.07, 6.45) is 10.6. The van der Waals surface area contributed by atoms with Crippen molar-refractivity contribution in [3.8, 4) is 0 Å². The van der Waals surface area contributed by atoms with Gasteiger partial charge < -0.3 is 34.7 Å². The van der Waals surface area contributed by atoms with Crippen LogP contribution < -0.4 is 15.3 Å². The van der Waals surface area contributed by atoms with E-state index in [1.165, 1.54) is 11.4 Å². The van der Waals surface area contributed by atoms with Crippen LogP contribution >= 0.6 is 0 Å². The van der Waals surface area contributed by atoms with Gasteiger partial charge >= 0.3 is 17.4 Å². The number of aromatic nitrogens is 1. The average Bonchev–Trinajstić information content (AvgIpc) is 3.23. The molecule has 7 nitrogen and oxygen atoms in total. The summed E-state index contributed by atoms with van der Waals surface area (Å²) in [6, 6.07) is 4.13. The summed E-state index contributed by atoms with van der Waals surface area (Å²) in [5.74, 6) is -3.34. The van der Waals surface area contributed by atoms with Crippen molar-refractivity contribution >= 4 is 17.9 Å². The van der Waals surface area contributed by atoms with Gasteiger partial charge in [0.25, 0.3) is 0 Å². The summed E-state index contributed by atoms with van der Waals surface area (Å²) in [6.45, 7) is 15.9. The van der Waals surface area contributed by atoms with Crippen LogP contribution in [-0.4, -0.2) is 22.9 Å². The molecule has 1 N–H and O–H groups in total. The van der Waals surface area contributed by atoms with Crippen molar-refractivity contribution in [2.24, 2.45) is 17.8 Å². The molecule has 1 heterocycles. The fraction of sp³-hybridized carbons (Fsp3) is 0.767. The predicted molar refractivity (Wildman–Crippen MR) is 145 cm³/mol. The molecule has 0 spiro atoms. The Bertz CT molecular complexity index is 614. The number of carbonyl (C=O) groups is 3. The van der Waals surface area contributed by atoms with Crippen LogP contribution in [0.4, 0.5) is 0 Å². The van der Waals surface area contributed by atoms with Crippen LogP contribution in [0.2, 0.25) is 0 Å². The van der Waals surface area contributed by atoms with Gasteiger partial charge in [-0.2, -0.15) is 0 Å². The van der Waals surface area contributed by atoms with Crippen molar-refractivity contribution in [1.82, 2.24) is 4.98 Å². The quantitative estimate of drug-likeness (QED) is 0.327. The summed E-state index contributed by atoms with van der Waals surface area (Å²) in [7, 11) is 0. The molecular formula is C30H54CrNO6. The molecule has 3 unspecified atom stereocenters. The largest absolute Gasteiger partial charge is 3.00 e. The van der Waals surface area contributed by atoms with Gasteiger partial charge in [-0.25, -0.2) is 0 Å². The summed E-state index contributed by atoms with van der Waals surface area (Å²) in [5, 5.41) is 31.0. The molecule has 0 saturated carbocycles. The van der Waals surface area contributed by atoms with Gasteiger partial charge in [-0.05, 0) is 82.3 Å². The minimum atomic E-state index is -0.893. The Balaban J connectivity index is -0.000000202. The second-order valence-corrected chi connectivity index (χ2v) is 9.52. The maximum absolute atomic E-state index is 10.3. The van der Waals surface area contributed by atoms with Crippen molar-refractivity contribution in [1.29, 1.82) is 0 Å². The van der Waals surface area contributed by atoms with E-state index in [-0.39, 0.29) is 35.1 Å². The number of unbranched alkanes of at least 4 members (excludes halogenated alkanes) is 3. The molecule has 1 aromatic heterocycles. The second-order valence-electron chi connectivity index (χ2n) is 9.52. The van der Waals surface area contributed by atoms with Crippen LogP contribution in [0.5, 0.6) is 0 Å². The molecule has 0 saturated heterocycles. The van der Waals surface area contributed by atoms with Crippen LogP contribution in [0.1, 0.15) is 130 Å². The van der Waals surface area contributed by atoms with E-state index in [1.54, 1.807) is 0 Å². The maximum Gasteiger partial charge on any atom is 3.00 e. The van der Waals surface area contributed by atoms with E-state index in [9.17, 15) is 29.7 Å². The Morgan fingerprint density at radius 1 is 0.605 bits per heavy atom. The zero-order valence-electron chi connectivity index (χ0n) is 25.2. The molecule has 1 radical (unpaired) electrons. The molecule has 3 atom stereocenters. The van der Waals surface area contributed by atoms with Gasteiger partial charge in [-0.3, -0.25) is 0 Å². The standard InChI is InChI=1S/3C8H16O2.C6H9N.Cr/c3*1-3-5-6-7(4-2)8(9)10;1-5-3-4-6(2)7-5;/h3*7H,3-6H2,1-2H3,(H,9,10);3-4,7H,1-2H3;/q;;;;+3/p-3. The van der Waals surface area contributed by atoms with E-state index in [0.29, 0.717) is 19.3 Å². The Morgan fingerprint density at radius 3 is 0.947 bits per heavy atom. The molecule has 38 heavy (non-hydrogen) atoms. The molecular weight excluding hydrogens is 522 g/mol. The van der Waals surface area contributed by atoms with Gasteiger partial charge in [0.05, 0.1) is 0 Å². The van der Waals surface area contributed by atoms with E-state index in [2.05, 4.69) is 37.9 Å². The molecule has 0 aliphatic rings. The number of aliphatic carboxylic acids is 3. The zero-order chi connectivity index (χ0) is 29.2. The molecule has 1 rings (SSSR count). The van der Waals surface area contributed by atoms with Crippen molar-refractivity contribution in [3.05, 3.63) is 23.5 Å². The summed E-state index contributed by atoms with van der Waals surface area (Å²) >= 11 is 0. The van der Waals surface area contributed by atoms with E-state index < -0.39 is 17.9 Å². The third kappa shape index (κ3) is 27.3. The van der Waals surface area contributed by atoms with Crippen LogP contribution in [0.3, 0.4) is 0 Å². The zero-order valence-corrected chi connectivity index (χ0v) is 26.5. The smallest absolute Gasteiger partial charge is 0.550 e. The third-order valence-corrected chi connectivity index (χ3v) is 6.17. The summed E-state index contributed by atoms with van der Waals surface area (Å²) in [4.78, 5) is 34.1. The summed E-state index contributed by atoms with van der Waals surface area (Å²) < 4.78 is 0. The molecule has 0 amide bonds.